The van der Waals surface area contributed by atoms with Crippen molar-refractivity contribution in [2.45, 2.75) is 76.1 Å². The normalized spacial score (nSPS) is 37.7. The molecule has 3 aliphatic rings. The van der Waals surface area contributed by atoms with E-state index < -0.39 is 0 Å². The number of thioether (sulfide) groups is 1. The molecule has 1 spiro atoms. The van der Waals surface area contributed by atoms with Gasteiger partial charge in [0.2, 0.25) is 0 Å². The smallest absolute Gasteiger partial charge is 0.0795 e. The van der Waals surface area contributed by atoms with Crippen LogP contribution in [0.25, 0.3) is 0 Å². The van der Waals surface area contributed by atoms with Gasteiger partial charge >= 0.3 is 0 Å². The molecule has 4 heteroatoms. The van der Waals surface area contributed by atoms with E-state index in [2.05, 4.69) is 35.8 Å². The summed E-state index contributed by atoms with van der Waals surface area (Å²) in [5.41, 5.74) is 0.209. The van der Waals surface area contributed by atoms with E-state index in [1.165, 1.54) is 63.1 Å². The molecule has 21 heavy (non-hydrogen) atoms. The quantitative estimate of drug-likeness (QED) is 0.863. The second-order valence-electron chi connectivity index (χ2n) is 7.42. The van der Waals surface area contributed by atoms with E-state index in [0.717, 1.165) is 12.6 Å². The van der Waals surface area contributed by atoms with Crippen molar-refractivity contribution in [1.29, 1.82) is 0 Å². The van der Waals surface area contributed by atoms with Gasteiger partial charge < -0.3 is 10.1 Å². The van der Waals surface area contributed by atoms with Gasteiger partial charge in [-0.2, -0.15) is 11.8 Å². The summed E-state index contributed by atoms with van der Waals surface area (Å²) in [6.45, 7) is 8.14. The topological polar surface area (TPSA) is 24.5 Å². The molecule has 3 heterocycles. The summed E-state index contributed by atoms with van der Waals surface area (Å²) >= 11 is 2.08. The number of nitrogens with one attached hydrogen (secondary N) is 1. The third kappa shape index (κ3) is 3.95. The summed E-state index contributed by atoms with van der Waals surface area (Å²) < 4.78 is 6.21. The Morgan fingerprint density at radius 2 is 2.24 bits per heavy atom. The molecule has 3 fully saturated rings. The SMILES string of the molecule is CC(C)N(CC1CCCCN1)C1CCOC2(CCSC2)C1. The molecule has 0 radical (unpaired) electrons. The minimum Gasteiger partial charge on any atom is -0.374 e. The maximum atomic E-state index is 6.21. The van der Waals surface area contributed by atoms with E-state index >= 15 is 0 Å². The van der Waals surface area contributed by atoms with Crippen LogP contribution < -0.4 is 5.32 Å². The van der Waals surface area contributed by atoms with Gasteiger partial charge in [-0.1, -0.05) is 6.42 Å². The highest BCUT2D eigenvalue weighted by Crippen LogP contribution is 2.40. The number of hydrogen-bond donors (Lipinski definition) is 1. The van der Waals surface area contributed by atoms with E-state index in [1.54, 1.807) is 0 Å². The van der Waals surface area contributed by atoms with Crippen LogP contribution in [0.15, 0.2) is 0 Å². The van der Waals surface area contributed by atoms with Crippen LogP contribution in [0.2, 0.25) is 0 Å². The van der Waals surface area contributed by atoms with Gasteiger partial charge in [-0.25, -0.2) is 0 Å². The van der Waals surface area contributed by atoms with Crippen molar-refractivity contribution in [3.8, 4) is 0 Å². The monoisotopic (exact) mass is 312 g/mol. The van der Waals surface area contributed by atoms with Crippen molar-refractivity contribution in [3.05, 3.63) is 0 Å². The highest BCUT2D eigenvalue weighted by molar-refractivity contribution is 7.99. The van der Waals surface area contributed by atoms with Gasteiger partial charge in [0.1, 0.15) is 0 Å². The lowest BCUT2D eigenvalue weighted by Crippen LogP contribution is -2.54. The first-order chi connectivity index (χ1) is 10.2. The first-order valence-corrected chi connectivity index (χ1v) is 10.0. The molecule has 0 aromatic heterocycles. The van der Waals surface area contributed by atoms with Gasteiger partial charge in [0.15, 0.2) is 0 Å². The Balaban J connectivity index is 1.62. The Morgan fingerprint density at radius 3 is 2.90 bits per heavy atom. The largest absolute Gasteiger partial charge is 0.374 e. The van der Waals surface area contributed by atoms with Crippen molar-refractivity contribution < 1.29 is 4.74 Å². The summed E-state index contributed by atoms with van der Waals surface area (Å²) in [6, 6.07) is 2.07. The lowest BCUT2D eigenvalue weighted by molar-refractivity contribution is -0.0947. The lowest BCUT2D eigenvalue weighted by atomic mass is 9.88. The Kier molecular flexibility index (Phi) is 5.52. The average molecular weight is 313 g/mol. The van der Waals surface area contributed by atoms with Crippen molar-refractivity contribution >= 4 is 11.8 Å². The van der Waals surface area contributed by atoms with Gasteiger partial charge in [0, 0.05) is 37.0 Å². The summed E-state index contributed by atoms with van der Waals surface area (Å²) in [5.74, 6) is 2.51. The fourth-order valence-electron chi connectivity index (χ4n) is 4.26. The minimum atomic E-state index is 0.209. The number of hydrogen-bond acceptors (Lipinski definition) is 4. The zero-order chi connectivity index (χ0) is 14.7. The van der Waals surface area contributed by atoms with Crippen molar-refractivity contribution in [2.75, 3.05) is 31.2 Å². The molecule has 0 aliphatic carbocycles. The van der Waals surface area contributed by atoms with Crippen LogP contribution in [0.3, 0.4) is 0 Å². The molecule has 1 N–H and O–H groups in total. The van der Waals surface area contributed by atoms with E-state index in [4.69, 9.17) is 4.74 Å². The van der Waals surface area contributed by atoms with Gasteiger partial charge in [0.05, 0.1) is 5.60 Å². The van der Waals surface area contributed by atoms with Crippen LogP contribution in [0.1, 0.15) is 52.4 Å². The molecule has 0 aromatic rings. The molecule has 3 saturated heterocycles. The number of nitrogens with zero attached hydrogens (tertiary/aromatic N) is 1. The molecule has 122 valence electrons. The molecule has 0 saturated carbocycles. The average Bonchev–Trinajstić information content (AvgIpc) is 2.93. The first kappa shape index (κ1) is 16.1. The van der Waals surface area contributed by atoms with Crippen molar-refractivity contribution in [2.24, 2.45) is 0 Å². The molecule has 0 bridgehead atoms. The predicted molar refractivity (Wildman–Crippen MR) is 91.1 cm³/mol. The molecule has 0 amide bonds. The Hall–Kier alpha value is 0.230. The molecule has 3 unspecified atom stereocenters. The highest BCUT2D eigenvalue weighted by Gasteiger charge is 2.42. The molecule has 0 aromatic carbocycles. The Labute approximate surface area is 134 Å². The van der Waals surface area contributed by atoms with Gasteiger partial charge in [-0.15, -0.1) is 0 Å². The van der Waals surface area contributed by atoms with E-state index in [9.17, 15) is 0 Å². The Morgan fingerprint density at radius 1 is 1.33 bits per heavy atom. The third-order valence-corrected chi connectivity index (χ3v) is 6.73. The zero-order valence-electron chi connectivity index (χ0n) is 13.8. The standard InChI is InChI=1S/C17H32N2OS/c1-14(2)19(12-15-5-3-4-8-18-15)16-6-9-20-17(11-16)7-10-21-13-17/h14-16,18H,3-13H2,1-2H3. The summed E-state index contributed by atoms with van der Waals surface area (Å²) in [4.78, 5) is 2.77. The summed E-state index contributed by atoms with van der Waals surface area (Å²) in [6.07, 6.45) is 7.85. The van der Waals surface area contributed by atoms with Crippen LogP contribution >= 0.6 is 11.8 Å². The second-order valence-corrected chi connectivity index (χ2v) is 8.52. The zero-order valence-corrected chi connectivity index (χ0v) is 14.6. The molecular formula is C17H32N2OS. The fraction of sp³-hybridized carbons (Fsp3) is 1.00. The van der Waals surface area contributed by atoms with Crippen LogP contribution in [-0.4, -0.2) is 59.8 Å². The first-order valence-electron chi connectivity index (χ1n) is 8.89. The highest BCUT2D eigenvalue weighted by atomic mass is 32.2. The molecule has 3 nitrogen and oxygen atoms in total. The van der Waals surface area contributed by atoms with Crippen LogP contribution in [0, 0.1) is 0 Å². The van der Waals surface area contributed by atoms with Crippen molar-refractivity contribution in [3.63, 3.8) is 0 Å². The number of piperidine rings is 1. The Bertz CT molecular complexity index is 325. The number of rotatable bonds is 4. The van der Waals surface area contributed by atoms with E-state index in [0.29, 0.717) is 12.1 Å². The van der Waals surface area contributed by atoms with Crippen LogP contribution in [0.5, 0.6) is 0 Å². The summed E-state index contributed by atoms with van der Waals surface area (Å²) in [5, 5.41) is 3.73. The molecular weight excluding hydrogens is 280 g/mol. The molecule has 3 atom stereocenters. The van der Waals surface area contributed by atoms with E-state index in [1.807, 2.05) is 0 Å². The van der Waals surface area contributed by atoms with Crippen LogP contribution in [0.4, 0.5) is 0 Å². The summed E-state index contributed by atoms with van der Waals surface area (Å²) in [7, 11) is 0. The second kappa shape index (κ2) is 7.20. The predicted octanol–water partition coefficient (Wildman–Crippen LogP) is 2.89. The molecule has 3 rings (SSSR count). The maximum Gasteiger partial charge on any atom is 0.0795 e. The third-order valence-electron chi connectivity index (χ3n) is 5.51. The fourth-order valence-corrected chi connectivity index (χ4v) is 5.64. The van der Waals surface area contributed by atoms with Gasteiger partial charge in [-0.3, -0.25) is 4.90 Å². The van der Waals surface area contributed by atoms with Gasteiger partial charge in [0.25, 0.3) is 0 Å². The van der Waals surface area contributed by atoms with Crippen molar-refractivity contribution in [1.82, 2.24) is 10.2 Å². The number of ether oxygens (including phenoxy) is 1. The minimum absolute atomic E-state index is 0.209. The lowest BCUT2D eigenvalue weighted by Gasteiger charge is -2.45. The maximum absolute atomic E-state index is 6.21. The molecule has 3 aliphatic heterocycles. The van der Waals surface area contributed by atoms with Gasteiger partial charge in [-0.05, 0) is 58.2 Å². The van der Waals surface area contributed by atoms with E-state index in [-0.39, 0.29) is 5.60 Å². The van der Waals surface area contributed by atoms with Crippen LogP contribution in [-0.2, 0) is 4.74 Å².